The van der Waals surface area contributed by atoms with Crippen molar-refractivity contribution in [3.63, 3.8) is 0 Å². The monoisotopic (exact) mass is 631 g/mol. The van der Waals surface area contributed by atoms with Crippen molar-refractivity contribution >= 4 is 23.2 Å². The summed E-state index contributed by atoms with van der Waals surface area (Å²) in [6.45, 7) is 5.94. The number of aryl methyl sites for hydroxylation is 1. The number of rotatable bonds is 13. The Bertz CT molecular complexity index is 1570. The Hall–Kier alpha value is -4.23. The molecule has 1 aromatic heterocycles. The van der Waals surface area contributed by atoms with Gasteiger partial charge < -0.3 is 19.7 Å². The lowest BCUT2D eigenvalue weighted by Gasteiger charge is -2.37. The molecule has 0 bridgehead atoms. The first-order valence-corrected chi connectivity index (χ1v) is 16.7. The van der Waals surface area contributed by atoms with Crippen molar-refractivity contribution in [3.8, 4) is 0 Å². The van der Waals surface area contributed by atoms with Gasteiger partial charge in [0.15, 0.2) is 0 Å². The first-order chi connectivity index (χ1) is 22.6. The Labute approximate surface area is 277 Å². The molecule has 6 nitrogen and oxygen atoms in total. The third-order valence-corrected chi connectivity index (χ3v) is 9.22. The molecule has 1 amide bonds. The lowest BCUT2D eigenvalue weighted by molar-refractivity contribution is -0.116. The van der Waals surface area contributed by atoms with E-state index in [2.05, 4.69) is 117 Å². The smallest absolute Gasteiger partial charge is 0.225 e. The second-order valence-electron chi connectivity index (χ2n) is 12.0. The van der Waals surface area contributed by atoms with E-state index in [0.29, 0.717) is 11.4 Å². The predicted octanol–water partition coefficient (Wildman–Crippen LogP) is 7.35. The van der Waals surface area contributed by atoms with Gasteiger partial charge in [0.25, 0.3) is 0 Å². The van der Waals surface area contributed by atoms with Gasteiger partial charge in [-0.2, -0.15) is 0 Å². The van der Waals surface area contributed by atoms with Gasteiger partial charge in [-0.05, 0) is 60.7 Å². The number of nitrogens with one attached hydrogen (secondary N) is 1. The Kier molecular flexibility index (Phi) is 10.6. The molecule has 0 unspecified atom stereocenters. The quantitative estimate of drug-likeness (QED) is 0.109. The molecule has 1 saturated heterocycles. The van der Waals surface area contributed by atoms with Gasteiger partial charge in [-0.3, -0.25) is 4.79 Å². The number of nitrogens with zero attached hydrogens (tertiary/aromatic N) is 4. The zero-order valence-corrected chi connectivity index (χ0v) is 27.0. The Balaban J connectivity index is 1.02. The molecule has 1 fully saturated rings. The van der Waals surface area contributed by atoms with Gasteiger partial charge in [-0.1, -0.05) is 109 Å². The molecule has 46 heavy (non-hydrogen) atoms. The van der Waals surface area contributed by atoms with Crippen LogP contribution in [0.2, 0.25) is 5.02 Å². The average molecular weight is 632 g/mol. The van der Waals surface area contributed by atoms with Crippen LogP contribution in [0.4, 0.5) is 5.69 Å². The highest BCUT2D eigenvalue weighted by Gasteiger charge is 2.38. The normalized spacial score (nSPS) is 14.3. The summed E-state index contributed by atoms with van der Waals surface area (Å²) in [5.74, 6) is 0.0284. The lowest BCUT2D eigenvalue weighted by atomic mass is 9.77. The molecule has 1 aliphatic heterocycles. The van der Waals surface area contributed by atoms with E-state index in [1.165, 1.54) is 16.7 Å². The molecule has 0 saturated carbocycles. The van der Waals surface area contributed by atoms with Crippen LogP contribution in [0.1, 0.15) is 41.6 Å². The SMILES string of the molecule is O=C(CCN1CCN(CCCCc2cn(C(c3ccccc3)(c3ccccc3)c3ccccc3)cn2)CC1)Nc1cccc(Cl)c1. The fraction of sp³-hybridized carbons (Fsp3) is 0.282. The number of amides is 1. The molecule has 0 spiro atoms. The third-order valence-electron chi connectivity index (χ3n) is 8.98. The number of aromatic nitrogens is 2. The minimum Gasteiger partial charge on any atom is -0.326 e. The minimum atomic E-state index is -0.523. The highest BCUT2D eigenvalue weighted by molar-refractivity contribution is 6.30. The van der Waals surface area contributed by atoms with Gasteiger partial charge in [-0.25, -0.2) is 4.98 Å². The molecule has 4 aromatic carbocycles. The summed E-state index contributed by atoms with van der Waals surface area (Å²) in [4.78, 5) is 22.3. The van der Waals surface area contributed by atoms with Crippen molar-refractivity contribution in [1.29, 1.82) is 0 Å². The second kappa shape index (κ2) is 15.4. The number of piperazine rings is 1. The highest BCUT2D eigenvalue weighted by Crippen LogP contribution is 2.40. The zero-order valence-electron chi connectivity index (χ0n) is 26.3. The van der Waals surface area contributed by atoms with Crippen LogP contribution in [0.5, 0.6) is 0 Å². The summed E-state index contributed by atoms with van der Waals surface area (Å²) in [5.41, 5.74) is 4.96. The topological polar surface area (TPSA) is 53.4 Å². The number of hydrogen-bond acceptors (Lipinski definition) is 4. The molecule has 1 N–H and O–H groups in total. The fourth-order valence-corrected chi connectivity index (χ4v) is 6.78. The van der Waals surface area contributed by atoms with Crippen LogP contribution < -0.4 is 5.32 Å². The Morgan fingerprint density at radius 3 is 1.85 bits per heavy atom. The summed E-state index contributed by atoms with van der Waals surface area (Å²) in [7, 11) is 0. The van der Waals surface area contributed by atoms with Gasteiger partial charge in [0.2, 0.25) is 5.91 Å². The molecular weight excluding hydrogens is 590 g/mol. The van der Waals surface area contributed by atoms with Gasteiger partial charge >= 0.3 is 0 Å². The number of imidazole rings is 1. The van der Waals surface area contributed by atoms with Gasteiger partial charge in [0, 0.05) is 56.1 Å². The van der Waals surface area contributed by atoms with Crippen molar-refractivity contribution in [2.45, 2.75) is 31.2 Å². The van der Waals surface area contributed by atoms with Crippen molar-refractivity contribution in [3.05, 3.63) is 155 Å². The number of anilines is 1. The highest BCUT2D eigenvalue weighted by atomic mass is 35.5. The Morgan fingerprint density at radius 1 is 0.717 bits per heavy atom. The molecule has 7 heteroatoms. The number of carbonyl (C=O) groups excluding carboxylic acids is 1. The maximum absolute atomic E-state index is 12.4. The zero-order chi connectivity index (χ0) is 31.6. The standard InChI is InChI=1S/C39H42ClN5O/c40-35-19-12-21-36(29-35)42-38(46)22-24-44-27-25-43(26-28-44)23-11-10-20-37-30-45(31-41-37)39(32-13-4-1-5-14-32,33-15-6-2-7-16-33)34-17-8-3-9-18-34/h1-9,12-19,21,29-31H,10-11,20,22-28H2,(H,42,46). The molecule has 2 heterocycles. The number of carbonyl (C=O) groups is 1. The second-order valence-corrected chi connectivity index (χ2v) is 12.5. The van der Waals surface area contributed by atoms with E-state index in [0.717, 1.165) is 69.9 Å². The number of halogens is 1. The summed E-state index contributed by atoms with van der Waals surface area (Å²) < 4.78 is 2.30. The first-order valence-electron chi connectivity index (χ1n) is 16.3. The molecule has 236 valence electrons. The van der Waals surface area contributed by atoms with E-state index < -0.39 is 5.54 Å². The van der Waals surface area contributed by atoms with Crippen LogP contribution in [-0.4, -0.2) is 64.5 Å². The number of hydrogen-bond donors (Lipinski definition) is 1. The van der Waals surface area contributed by atoms with Crippen molar-refractivity contribution in [1.82, 2.24) is 19.4 Å². The largest absolute Gasteiger partial charge is 0.326 e. The summed E-state index contributed by atoms with van der Waals surface area (Å²) in [6, 6.07) is 39.5. The molecule has 0 aliphatic carbocycles. The lowest BCUT2D eigenvalue weighted by Crippen LogP contribution is -2.47. The van der Waals surface area contributed by atoms with Crippen LogP contribution in [-0.2, 0) is 16.8 Å². The number of unbranched alkanes of at least 4 members (excludes halogenated alkanes) is 1. The maximum Gasteiger partial charge on any atom is 0.225 e. The third kappa shape index (κ3) is 7.59. The molecule has 0 atom stereocenters. The van der Waals surface area contributed by atoms with E-state index >= 15 is 0 Å². The van der Waals surface area contributed by atoms with E-state index in [9.17, 15) is 4.79 Å². The maximum atomic E-state index is 12.4. The van der Waals surface area contributed by atoms with E-state index in [4.69, 9.17) is 16.6 Å². The van der Waals surface area contributed by atoms with Crippen LogP contribution >= 0.6 is 11.6 Å². The predicted molar refractivity (Wildman–Crippen MR) is 187 cm³/mol. The minimum absolute atomic E-state index is 0.0284. The van der Waals surface area contributed by atoms with Gasteiger partial charge in [0.05, 0.1) is 12.0 Å². The number of benzene rings is 4. The van der Waals surface area contributed by atoms with Gasteiger partial charge in [-0.15, -0.1) is 0 Å². The molecular formula is C39H42ClN5O. The van der Waals surface area contributed by atoms with Crippen LogP contribution in [0.3, 0.4) is 0 Å². The summed E-state index contributed by atoms with van der Waals surface area (Å²) in [6.07, 6.45) is 7.92. The van der Waals surface area contributed by atoms with Crippen LogP contribution in [0.15, 0.2) is 128 Å². The van der Waals surface area contributed by atoms with Crippen LogP contribution in [0.25, 0.3) is 0 Å². The summed E-state index contributed by atoms with van der Waals surface area (Å²) in [5, 5.41) is 3.57. The van der Waals surface area contributed by atoms with Gasteiger partial charge in [0.1, 0.15) is 5.54 Å². The van der Waals surface area contributed by atoms with E-state index in [1.54, 1.807) is 12.1 Å². The molecule has 5 aromatic rings. The van der Waals surface area contributed by atoms with Crippen molar-refractivity contribution in [2.24, 2.45) is 0 Å². The van der Waals surface area contributed by atoms with Crippen molar-refractivity contribution in [2.75, 3.05) is 44.6 Å². The average Bonchev–Trinajstić information content (AvgIpc) is 3.57. The van der Waals surface area contributed by atoms with Crippen molar-refractivity contribution < 1.29 is 4.79 Å². The molecule has 0 radical (unpaired) electrons. The summed E-state index contributed by atoms with van der Waals surface area (Å²) >= 11 is 6.03. The van der Waals surface area contributed by atoms with E-state index in [1.807, 2.05) is 18.5 Å². The molecule has 6 rings (SSSR count). The first kappa shape index (κ1) is 31.7. The van der Waals surface area contributed by atoms with E-state index in [-0.39, 0.29) is 5.91 Å². The Morgan fingerprint density at radius 2 is 1.28 bits per heavy atom. The fourth-order valence-electron chi connectivity index (χ4n) is 6.59. The molecule has 1 aliphatic rings. The van der Waals surface area contributed by atoms with Crippen LogP contribution in [0, 0.1) is 0 Å².